The average molecular weight is 642 g/mol. The first-order valence-corrected chi connectivity index (χ1v) is 17.0. The predicted molar refractivity (Wildman–Crippen MR) is 207 cm³/mol. The standard InChI is InChI=1S/C46H31N3O/c1-3-11-30(12-4-1)31-19-21-32(22-20-31)40-29-41(48-46(47-40)33-13-5-2-6-14-33)34-23-25-37-36-15-7-9-17-42(36)49(43(37)27-34)35-24-26-45-39(28-35)38-16-8-10-18-44(38)50-45/h1-29,46-47H. The molecular weight excluding hydrogens is 611 g/mol. The molecule has 10 rings (SSSR count). The number of allylic oxidation sites excluding steroid dienone is 1. The Morgan fingerprint density at radius 3 is 1.96 bits per heavy atom. The van der Waals surface area contributed by atoms with Gasteiger partial charge in [0, 0.05) is 38.5 Å². The second-order valence-electron chi connectivity index (χ2n) is 12.8. The first-order valence-electron chi connectivity index (χ1n) is 17.0. The molecule has 0 saturated carbocycles. The van der Waals surface area contributed by atoms with Crippen LogP contribution >= 0.6 is 0 Å². The van der Waals surface area contributed by atoms with Crippen molar-refractivity contribution < 1.29 is 4.42 Å². The van der Waals surface area contributed by atoms with E-state index in [-0.39, 0.29) is 6.17 Å². The summed E-state index contributed by atoms with van der Waals surface area (Å²) in [7, 11) is 0. The first-order chi connectivity index (χ1) is 24.8. The number of aromatic nitrogens is 1. The molecule has 3 heterocycles. The smallest absolute Gasteiger partial charge is 0.145 e. The fraction of sp³-hybridized carbons (Fsp3) is 0.0217. The lowest BCUT2D eigenvalue weighted by Gasteiger charge is -2.25. The van der Waals surface area contributed by atoms with Crippen LogP contribution in [0.2, 0.25) is 0 Å². The Hall–Kier alpha value is -6.65. The van der Waals surface area contributed by atoms with Crippen LogP contribution in [0.3, 0.4) is 0 Å². The number of nitrogens with zero attached hydrogens (tertiary/aromatic N) is 2. The highest BCUT2D eigenvalue weighted by Crippen LogP contribution is 2.37. The highest BCUT2D eigenvalue weighted by Gasteiger charge is 2.21. The summed E-state index contributed by atoms with van der Waals surface area (Å²) in [4.78, 5) is 5.30. The van der Waals surface area contributed by atoms with Crippen molar-refractivity contribution in [3.8, 4) is 16.8 Å². The Morgan fingerprint density at radius 1 is 0.480 bits per heavy atom. The third-order valence-electron chi connectivity index (χ3n) is 9.85. The molecule has 4 nitrogen and oxygen atoms in total. The number of hydrogen-bond donors (Lipinski definition) is 1. The van der Waals surface area contributed by atoms with Crippen molar-refractivity contribution in [3.05, 3.63) is 193 Å². The number of nitrogens with one attached hydrogen (secondary N) is 1. The van der Waals surface area contributed by atoms with Gasteiger partial charge >= 0.3 is 0 Å². The zero-order chi connectivity index (χ0) is 33.0. The van der Waals surface area contributed by atoms with Crippen LogP contribution in [0.1, 0.15) is 22.9 Å². The summed E-state index contributed by atoms with van der Waals surface area (Å²) in [6, 6.07) is 59.9. The molecule has 1 aliphatic rings. The molecule has 1 aliphatic heterocycles. The third-order valence-corrected chi connectivity index (χ3v) is 9.85. The van der Waals surface area contributed by atoms with Crippen LogP contribution in [0.15, 0.2) is 185 Å². The molecule has 0 amide bonds. The number of furan rings is 1. The van der Waals surface area contributed by atoms with E-state index >= 15 is 0 Å². The molecule has 1 unspecified atom stereocenters. The molecule has 4 heteroatoms. The summed E-state index contributed by atoms with van der Waals surface area (Å²) in [6.45, 7) is 0. The highest BCUT2D eigenvalue weighted by molar-refractivity contribution is 6.17. The van der Waals surface area contributed by atoms with Gasteiger partial charge in [-0.05, 0) is 64.7 Å². The van der Waals surface area contributed by atoms with Gasteiger partial charge in [0.15, 0.2) is 0 Å². The lowest BCUT2D eigenvalue weighted by atomic mass is 9.99. The maximum absolute atomic E-state index is 6.18. The Bertz CT molecular complexity index is 2770. The lowest BCUT2D eigenvalue weighted by Crippen LogP contribution is -2.24. The van der Waals surface area contributed by atoms with Crippen molar-refractivity contribution in [2.24, 2.45) is 4.99 Å². The topological polar surface area (TPSA) is 42.5 Å². The number of hydrogen-bond acceptors (Lipinski definition) is 3. The molecule has 2 aromatic heterocycles. The fourth-order valence-electron chi connectivity index (χ4n) is 7.39. The van der Waals surface area contributed by atoms with E-state index < -0.39 is 0 Å². The van der Waals surface area contributed by atoms with Crippen molar-refractivity contribution in [1.29, 1.82) is 0 Å². The Balaban J connectivity index is 1.13. The van der Waals surface area contributed by atoms with Gasteiger partial charge in [-0.15, -0.1) is 0 Å². The average Bonchev–Trinajstić information content (AvgIpc) is 3.73. The van der Waals surface area contributed by atoms with E-state index in [9.17, 15) is 0 Å². The normalized spacial score (nSPS) is 14.6. The second-order valence-corrected chi connectivity index (χ2v) is 12.8. The second kappa shape index (κ2) is 11.5. The number of fused-ring (bicyclic) bond motifs is 6. The monoisotopic (exact) mass is 641 g/mol. The van der Waals surface area contributed by atoms with Crippen LogP contribution in [0.5, 0.6) is 0 Å². The van der Waals surface area contributed by atoms with Gasteiger partial charge in [-0.25, -0.2) is 0 Å². The van der Waals surface area contributed by atoms with Crippen LogP contribution < -0.4 is 5.32 Å². The molecular formula is C46H31N3O. The van der Waals surface area contributed by atoms with Crippen LogP contribution in [-0.4, -0.2) is 10.3 Å². The maximum Gasteiger partial charge on any atom is 0.145 e. The molecule has 0 radical (unpaired) electrons. The molecule has 0 aliphatic carbocycles. The van der Waals surface area contributed by atoms with E-state index in [1.54, 1.807) is 0 Å². The number of benzene rings is 7. The highest BCUT2D eigenvalue weighted by atomic mass is 16.3. The maximum atomic E-state index is 6.18. The van der Waals surface area contributed by atoms with Crippen molar-refractivity contribution >= 4 is 55.2 Å². The van der Waals surface area contributed by atoms with Crippen LogP contribution in [0.25, 0.3) is 66.3 Å². The van der Waals surface area contributed by atoms with Gasteiger partial charge in [0.05, 0.1) is 16.7 Å². The molecule has 0 bridgehead atoms. The van der Waals surface area contributed by atoms with Crippen LogP contribution in [0.4, 0.5) is 0 Å². The summed E-state index contributed by atoms with van der Waals surface area (Å²) in [5, 5.41) is 8.38. The minimum absolute atomic E-state index is 0.224. The summed E-state index contributed by atoms with van der Waals surface area (Å²) in [5.41, 5.74) is 12.9. The van der Waals surface area contributed by atoms with E-state index in [1.807, 2.05) is 18.2 Å². The van der Waals surface area contributed by atoms with Crippen molar-refractivity contribution in [3.63, 3.8) is 0 Å². The molecule has 0 spiro atoms. The molecule has 236 valence electrons. The fourth-order valence-corrected chi connectivity index (χ4v) is 7.39. The quantitative estimate of drug-likeness (QED) is 0.203. The predicted octanol–water partition coefficient (Wildman–Crippen LogP) is 11.5. The van der Waals surface area contributed by atoms with Gasteiger partial charge in [-0.1, -0.05) is 133 Å². The Labute approximate surface area is 289 Å². The minimum atomic E-state index is -0.224. The number of rotatable bonds is 5. The van der Waals surface area contributed by atoms with Crippen molar-refractivity contribution in [2.45, 2.75) is 6.17 Å². The lowest BCUT2D eigenvalue weighted by molar-refractivity contribution is 0.664. The third kappa shape index (κ3) is 4.73. The van der Waals surface area contributed by atoms with Gasteiger partial charge < -0.3 is 14.3 Å². The molecule has 0 fully saturated rings. The van der Waals surface area contributed by atoms with Gasteiger partial charge in [-0.3, -0.25) is 4.99 Å². The zero-order valence-electron chi connectivity index (χ0n) is 27.1. The molecule has 7 aromatic carbocycles. The van der Waals surface area contributed by atoms with Crippen LogP contribution in [0, 0.1) is 0 Å². The largest absolute Gasteiger partial charge is 0.456 e. The van der Waals surface area contributed by atoms with E-state index in [0.29, 0.717) is 0 Å². The SMILES string of the molecule is C1=C(c2ccc(-c3ccccc3)cc2)NC(c2ccccc2)N=C1c1ccc2c3ccccc3n(-c3ccc4oc5ccccc5c4c3)c2c1. The van der Waals surface area contributed by atoms with Crippen molar-refractivity contribution in [2.75, 3.05) is 0 Å². The zero-order valence-corrected chi connectivity index (χ0v) is 27.1. The molecule has 9 aromatic rings. The summed E-state index contributed by atoms with van der Waals surface area (Å²) >= 11 is 0. The number of aliphatic imine (C=N–C) groups is 1. The van der Waals surface area contributed by atoms with Gasteiger partial charge in [-0.2, -0.15) is 0 Å². The molecule has 50 heavy (non-hydrogen) atoms. The van der Waals surface area contributed by atoms with Gasteiger partial charge in [0.1, 0.15) is 17.3 Å². The molecule has 1 atom stereocenters. The Kier molecular flexibility index (Phi) is 6.53. The summed E-state index contributed by atoms with van der Waals surface area (Å²) in [6.07, 6.45) is 1.97. The molecule has 1 N–H and O–H groups in total. The van der Waals surface area contributed by atoms with Gasteiger partial charge in [0.2, 0.25) is 0 Å². The van der Waals surface area contributed by atoms with Gasteiger partial charge in [0.25, 0.3) is 0 Å². The van der Waals surface area contributed by atoms with Crippen LogP contribution in [-0.2, 0) is 0 Å². The van der Waals surface area contributed by atoms with E-state index in [4.69, 9.17) is 9.41 Å². The number of para-hydroxylation sites is 2. The summed E-state index contributed by atoms with van der Waals surface area (Å²) < 4.78 is 8.56. The minimum Gasteiger partial charge on any atom is -0.456 e. The Morgan fingerprint density at radius 2 is 1.12 bits per heavy atom. The van der Waals surface area contributed by atoms with E-state index in [1.165, 1.54) is 21.9 Å². The van der Waals surface area contributed by atoms with E-state index in [2.05, 4.69) is 168 Å². The summed E-state index contributed by atoms with van der Waals surface area (Å²) in [5.74, 6) is 0. The first kappa shape index (κ1) is 28.4. The van der Waals surface area contributed by atoms with Crippen molar-refractivity contribution in [1.82, 2.24) is 9.88 Å². The molecule has 0 saturated heterocycles. The van der Waals surface area contributed by atoms with E-state index in [0.717, 1.165) is 66.8 Å².